The second-order valence-corrected chi connectivity index (χ2v) is 19.0. The van der Waals surface area contributed by atoms with E-state index >= 15 is 0 Å². The zero-order valence-electron chi connectivity index (χ0n) is 32.4. The lowest BCUT2D eigenvalue weighted by Gasteiger charge is -2.44. The molecule has 1 aliphatic rings. The van der Waals surface area contributed by atoms with Gasteiger partial charge in [0.1, 0.15) is 29.3 Å². The SMILES string of the molecule is c1ccc([B-](c2ccccc2)(c2ccccc2)c2ccccc2)cc1.c1ccc([P+](CCCCCCC2CCCC2)(c2ccccc2)c2ccccc2)cc1. The molecule has 2 heteroatoms. The van der Waals surface area contributed by atoms with Crippen LogP contribution in [0.1, 0.15) is 57.8 Å². The highest BCUT2D eigenvalue weighted by atomic mass is 31.2. The molecule has 0 atom stereocenters. The summed E-state index contributed by atoms with van der Waals surface area (Å²) in [6, 6.07) is 77.5. The molecule has 0 aromatic heterocycles. The molecule has 0 N–H and O–H groups in total. The summed E-state index contributed by atoms with van der Waals surface area (Å²) in [4.78, 5) is 0. The first-order chi connectivity index (χ1) is 27.3. The van der Waals surface area contributed by atoms with Crippen LogP contribution < -0.4 is 37.8 Å². The standard InChI is InChI=1S/C29H36P.C24H20B/c1(6-16-26-17-13-14-18-26)2-15-25-30(27-19-7-3-8-20-27,28-21-9-4-10-22-28)29-23-11-5-12-24-29;1-5-13-21(14-6-1)25(22-15-7-2-8-16-22,23-17-9-3-10-18-23)24-19-11-4-12-20-24/h3-5,7-12,19-24,26H,1-2,6,13-18,25H2;1-20H/q+1;-1. The smallest absolute Gasteiger partial charge is 0.112 e. The van der Waals surface area contributed by atoms with Gasteiger partial charge in [-0.2, -0.15) is 21.9 Å². The van der Waals surface area contributed by atoms with Crippen molar-refractivity contribution < 1.29 is 0 Å². The zero-order valence-corrected chi connectivity index (χ0v) is 33.3. The van der Waals surface area contributed by atoms with Crippen LogP contribution >= 0.6 is 7.26 Å². The maximum absolute atomic E-state index is 2.37. The van der Waals surface area contributed by atoms with Gasteiger partial charge in [0.15, 0.2) is 0 Å². The van der Waals surface area contributed by atoms with Crippen LogP contribution in [0.3, 0.4) is 0 Å². The van der Waals surface area contributed by atoms with E-state index in [1.165, 1.54) is 102 Å². The highest BCUT2D eigenvalue weighted by Gasteiger charge is 2.44. The fraction of sp³-hybridized carbons (Fsp3) is 0.208. The Morgan fingerprint density at radius 3 is 0.964 bits per heavy atom. The Labute approximate surface area is 332 Å². The predicted octanol–water partition coefficient (Wildman–Crippen LogP) is 10.2. The van der Waals surface area contributed by atoms with Crippen LogP contribution in [-0.4, -0.2) is 12.3 Å². The van der Waals surface area contributed by atoms with Gasteiger partial charge in [0.2, 0.25) is 0 Å². The third-order valence-electron chi connectivity index (χ3n) is 12.1. The van der Waals surface area contributed by atoms with Crippen molar-refractivity contribution in [3.8, 4) is 0 Å². The summed E-state index contributed by atoms with van der Waals surface area (Å²) >= 11 is 0. The molecule has 55 heavy (non-hydrogen) atoms. The average molecular weight is 735 g/mol. The second-order valence-electron chi connectivity index (χ2n) is 15.4. The Kier molecular flexibility index (Phi) is 13.6. The molecule has 0 bridgehead atoms. The molecule has 1 fully saturated rings. The largest absolute Gasteiger partial charge is 0.195 e. The summed E-state index contributed by atoms with van der Waals surface area (Å²) in [5.41, 5.74) is 5.36. The van der Waals surface area contributed by atoms with E-state index in [4.69, 9.17) is 0 Å². The number of hydrogen-bond acceptors (Lipinski definition) is 0. The lowest BCUT2D eigenvalue weighted by Crippen LogP contribution is -2.74. The van der Waals surface area contributed by atoms with Crippen molar-refractivity contribution in [2.45, 2.75) is 57.8 Å². The third kappa shape index (κ3) is 8.96. The highest BCUT2D eigenvalue weighted by molar-refractivity contribution is 7.95. The molecule has 7 aromatic rings. The van der Waals surface area contributed by atoms with Crippen LogP contribution in [0.4, 0.5) is 0 Å². The van der Waals surface area contributed by atoms with Crippen molar-refractivity contribution in [3.63, 3.8) is 0 Å². The molecule has 0 saturated heterocycles. The Morgan fingerprint density at radius 1 is 0.345 bits per heavy atom. The molecular weight excluding hydrogens is 678 g/mol. The summed E-state index contributed by atoms with van der Waals surface area (Å²) in [6.45, 7) is 0. The quantitative estimate of drug-likeness (QED) is 0.0593. The number of benzene rings is 7. The predicted molar refractivity (Wildman–Crippen MR) is 245 cm³/mol. The monoisotopic (exact) mass is 734 g/mol. The number of unbranched alkanes of at least 4 members (excludes halogenated alkanes) is 3. The molecule has 276 valence electrons. The minimum atomic E-state index is -1.62. The van der Waals surface area contributed by atoms with Gasteiger partial charge >= 0.3 is 0 Å². The summed E-state index contributed by atoms with van der Waals surface area (Å²) < 4.78 is 0. The zero-order chi connectivity index (χ0) is 37.4. The van der Waals surface area contributed by atoms with Crippen molar-refractivity contribution >= 4 is 51.2 Å². The van der Waals surface area contributed by atoms with E-state index in [-0.39, 0.29) is 0 Å². The Bertz CT molecular complexity index is 1820. The molecule has 7 aromatic carbocycles. The Morgan fingerprint density at radius 2 is 0.636 bits per heavy atom. The van der Waals surface area contributed by atoms with Crippen LogP contribution in [0.25, 0.3) is 0 Å². The van der Waals surface area contributed by atoms with Gasteiger partial charge in [-0.3, -0.25) is 0 Å². The fourth-order valence-electron chi connectivity index (χ4n) is 9.44. The molecular formula is C53H56BP. The van der Waals surface area contributed by atoms with E-state index in [2.05, 4.69) is 212 Å². The van der Waals surface area contributed by atoms with Crippen molar-refractivity contribution in [2.75, 3.05) is 6.16 Å². The molecule has 0 unspecified atom stereocenters. The van der Waals surface area contributed by atoms with Crippen LogP contribution in [0.5, 0.6) is 0 Å². The molecule has 1 aliphatic carbocycles. The first kappa shape index (κ1) is 38.3. The van der Waals surface area contributed by atoms with E-state index < -0.39 is 13.4 Å². The molecule has 0 amide bonds. The second kappa shape index (κ2) is 19.6. The van der Waals surface area contributed by atoms with E-state index in [1.54, 1.807) is 0 Å². The Hall–Kier alpha value is -4.97. The lowest BCUT2D eigenvalue weighted by molar-refractivity contribution is 0.467. The van der Waals surface area contributed by atoms with Crippen molar-refractivity contribution in [1.82, 2.24) is 0 Å². The summed E-state index contributed by atoms with van der Waals surface area (Å²) in [7, 11) is -1.62. The summed E-state index contributed by atoms with van der Waals surface area (Å²) in [5, 5.41) is 4.56. The van der Waals surface area contributed by atoms with Crippen LogP contribution in [-0.2, 0) is 0 Å². The molecule has 0 spiro atoms. The normalized spacial score (nSPS) is 13.2. The number of rotatable bonds is 14. The van der Waals surface area contributed by atoms with Gasteiger partial charge in [0.05, 0.1) is 6.16 Å². The van der Waals surface area contributed by atoms with E-state index in [1.807, 2.05) is 0 Å². The average Bonchev–Trinajstić information content (AvgIpc) is 3.80. The highest BCUT2D eigenvalue weighted by Crippen LogP contribution is 2.56. The van der Waals surface area contributed by atoms with Gasteiger partial charge in [-0.1, -0.05) is 221 Å². The summed E-state index contributed by atoms with van der Waals surface area (Å²) in [5.74, 6) is 1.04. The first-order valence-corrected chi connectivity index (χ1v) is 22.7. The van der Waals surface area contributed by atoms with E-state index in [0.29, 0.717) is 0 Å². The Balaban J connectivity index is 0.000000172. The lowest BCUT2D eigenvalue weighted by atomic mass is 9.13. The van der Waals surface area contributed by atoms with Crippen molar-refractivity contribution in [2.24, 2.45) is 5.92 Å². The molecule has 1 saturated carbocycles. The van der Waals surface area contributed by atoms with Gasteiger partial charge in [-0.25, -0.2) is 0 Å². The minimum absolute atomic E-state index is 1.04. The van der Waals surface area contributed by atoms with Gasteiger partial charge < -0.3 is 0 Å². The van der Waals surface area contributed by atoms with Crippen LogP contribution in [0, 0.1) is 5.92 Å². The van der Waals surface area contributed by atoms with E-state index in [9.17, 15) is 0 Å². The summed E-state index contributed by atoms with van der Waals surface area (Å²) in [6.07, 6.45) is 13.0. The molecule has 0 heterocycles. The number of hydrogen-bond donors (Lipinski definition) is 0. The molecule has 0 nitrogen and oxygen atoms in total. The van der Waals surface area contributed by atoms with Gasteiger partial charge in [-0.15, -0.1) is 0 Å². The molecule has 0 radical (unpaired) electrons. The first-order valence-electron chi connectivity index (χ1n) is 20.7. The van der Waals surface area contributed by atoms with Gasteiger partial charge in [0, 0.05) is 0 Å². The molecule has 8 rings (SSSR count). The molecule has 0 aliphatic heterocycles. The maximum atomic E-state index is 2.37. The fourth-order valence-corrected chi connectivity index (χ4v) is 13.8. The minimum Gasteiger partial charge on any atom is -0.195 e. The van der Waals surface area contributed by atoms with Gasteiger partial charge in [0.25, 0.3) is 0 Å². The third-order valence-corrected chi connectivity index (χ3v) is 16.6. The van der Waals surface area contributed by atoms with Crippen molar-refractivity contribution in [1.29, 1.82) is 0 Å². The van der Waals surface area contributed by atoms with E-state index in [0.717, 1.165) is 5.92 Å². The van der Waals surface area contributed by atoms with Crippen molar-refractivity contribution in [3.05, 3.63) is 212 Å². The van der Waals surface area contributed by atoms with Gasteiger partial charge in [-0.05, 0) is 55.2 Å². The van der Waals surface area contributed by atoms with Crippen LogP contribution in [0.2, 0.25) is 0 Å². The maximum Gasteiger partial charge on any atom is 0.112 e. The topological polar surface area (TPSA) is 0 Å². The van der Waals surface area contributed by atoms with Crippen LogP contribution in [0.15, 0.2) is 212 Å².